The number of aromatic nitrogens is 2. The minimum atomic E-state index is -0.236. The summed E-state index contributed by atoms with van der Waals surface area (Å²) >= 11 is 5.79. The second-order valence-electron chi connectivity index (χ2n) is 5.95. The van der Waals surface area contributed by atoms with Gasteiger partial charge in [-0.15, -0.1) is 0 Å². The summed E-state index contributed by atoms with van der Waals surface area (Å²) in [6.07, 6.45) is 4.90. The number of nitrogens with one attached hydrogen (secondary N) is 1. The van der Waals surface area contributed by atoms with Gasteiger partial charge in [-0.1, -0.05) is 11.6 Å². The lowest BCUT2D eigenvalue weighted by Crippen LogP contribution is -2.44. The summed E-state index contributed by atoms with van der Waals surface area (Å²) < 4.78 is 1.80. The summed E-state index contributed by atoms with van der Waals surface area (Å²) in [6, 6.07) is 6.98. The van der Waals surface area contributed by atoms with E-state index in [-0.39, 0.29) is 17.7 Å². The highest BCUT2D eigenvalue weighted by molar-refractivity contribution is 6.30. The number of nitrogens with zero attached hydrogens (tertiary/aromatic N) is 3. The van der Waals surface area contributed by atoms with Gasteiger partial charge in [-0.3, -0.25) is 9.59 Å². The van der Waals surface area contributed by atoms with E-state index in [9.17, 15) is 9.59 Å². The highest BCUT2D eigenvalue weighted by Crippen LogP contribution is 2.20. The largest absolute Gasteiger partial charge is 0.347 e. The molecule has 7 heteroatoms. The van der Waals surface area contributed by atoms with Crippen molar-refractivity contribution < 1.29 is 9.59 Å². The molecular formula is C17H19ClN4O2. The Balaban J connectivity index is 1.64. The van der Waals surface area contributed by atoms with Gasteiger partial charge < -0.3 is 14.8 Å². The van der Waals surface area contributed by atoms with Crippen LogP contribution in [-0.4, -0.2) is 39.4 Å². The third-order valence-electron chi connectivity index (χ3n) is 4.22. The highest BCUT2D eigenvalue weighted by atomic mass is 35.5. The van der Waals surface area contributed by atoms with E-state index < -0.39 is 0 Å². The van der Waals surface area contributed by atoms with Crippen molar-refractivity contribution >= 4 is 29.2 Å². The van der Waals surface area contributed by atoms with Gasteiger partial charge in [0.2, 0.25) is 5.91 Å². The molecule has 0 aliphatic carbocycles. The average Bonchev–Trinajstić information content (AvgIpc) is 3.02. The molecule has 1 saturated heterocycles. The molecule has 2 amide bonds. The van der Waals surface area contributed by atoms with Crippen molar-refractivity contribution in [3.63, 3.8) is 0 Å². The van der Waals surface area contributed by atoms with Crippen LogP contribution in [0.3, 0.4) is 0 Å². The highest BCUT2D eigenvalue weighted by Gasteiger charge is 2.29. The Morgan fingerprint density at radius 3 is 2.83 bits per heavy atom. The predicted octanol–water partition coefficient (Wildman–Crippen LogP) is 2.56. The molecule has 0 spiro atoms. The second-order valence-corrected chi connectivity index (χ2v) is 6.38. The molecule has 1 aliphatic rings. The molecule has 1 N–H and O–H groups in total. The quantitative estimate of drug-likeness (QED) is 0.928. The third-order valence-corrected chi connectivity index (χ3v) is 4.44. The monoisotopic (exact) mass is 346 g/mol. The molecule has 0 unspecified atom stereocenters. The van der Waals surface area contributed by atoms with Crippen molar-refractivity contribution in [2.45, 2.75) is 12.8 Å². The summed E-state index contributed by atoms with van der Waals surface area (Å²) in [6.45, 7) is 1.09. The number of hydrogen-bond donors (Lipinski definition) is 1. The lowest BCUT2D eigenvalue weighted by atomic mass is 9.97. The molecule has 3 heterocycles. The van der Waals surface area contributed by atoms with Crippen LogP contribution in [0.5, 0.6) is 0 Å². The van der Waals surface area contributed by atoms with Gasteiger partial charge in [0.05, 0.1) is 10.9 Å². The molecule has 3 rings (SSSR count). The molecule has 2 aromatic heterocycles. The number of amides is 2. The maximum absolute atomic E-state index is 12.6. The molecule has 0 aromatic carbocycles. The molecule has 0 radical (unpaired) electrons. The van der Waals surface area contributed by atoms with Gasteiger partial charge in [-0.2, -0.15) is 0 Å². The van der Waals surface area contributed by atoms with Gasteiger partial charge in [0.25, 0.3) is 5.91 Å². The van der Waals surface area contributed by atoms with Crippen molar-refractivity contribution in [2.75, 3.05) is 18.4 Å². The zero-order chi connectivity index (χ0) is 17.1. The number of aryl methyl sites for hydroxylation is 1. The van der Waals surface area contributed by atoms with Crippen LogP contribution in [0.2, 0.25) is 5.02 Å². The van der Waals surface area contributed by atoms with Crippen molar-refractivity contribution in [3.05, 3.63) is 47.4 Å². The Morgan fingerprint density at radius 1 is 1.33 bits per heavy atom. The van der Waals surface area contributed by atoms with Crippen LogP contribution in [0.1, 0.15) is 23.3 Å². The average molecular weight is 347 g/mol. The van der Waals surface area contributed by atoms with E-state index in [2.05, 4.69) is 10.3 Å². The summed E-state index contributed by atoms with van der Waals surface area (Å²) in [7, 11) is 1.84. The summed E-state index contributed by atoms with van der Waals surface area (Å²) in [5.41, 5.74) is 0.635. The number of piperidine rings is 1. The summed E-state index contributed by atoms with van der Waals surface area (Å²) in [5.74, 6) is 0.0783. The van der Waals surface area contributed by atoms with E-state index in [1.807, 2.05) is 19.3 Å². The fourth-order valence-corrected chi connectivity index (χ4v) is 3.01. The minimum Gasteiger partial charge on any atom is -0.347 e. The lowest BCUT2D eigenvalue weighted by molar-refractivity contribution is -0.121. The van der Waals surface area contributed by atoms with Crippen molar-refractivity contribution in [1.82, 2.24) is 14.5 Å². The van der Waals surface area contributed by atoms with E-state index >= 15 is 0 Å². The normalized spacial score (nSPS) is 17.6. The maximum atomic E-state index is 12.6. The van der Waals surface area contributed by atoms with Gasteiger partial charge in [-0.25, -0.2) is 4.98 Å². The molecule has 126 valence electrons. The first-order valence-corrected chi connectivity index (χ1v) is 8.25. The van der Waals surface area contributed by atoms with Crippen LogP contribution < -0.4 is 5.32 Å². The fourth-order valence-electron chi connectivity index (χ4n) is 2.90. The van der Waals surface area contributed by atoms with E-state index in [1.165, 1.54) is 6.20 Å². The SMILES string of the molecule is Cn1cccc1C(=O)N1CCC[C@@H](C(=O)Nc2ccc(Cl)cn2)C1. The molecular weight excluding hydrogens is 328 g/mol. The maximum Gasteiger partial charge on any atom is 0.270 e. The molecule has 2 aromatic rings. The lowest BCUT2D eigenvalue weighted by Gasteiger charge is -2.32. The fraction of sp³-hybridized carbons (Fsp3) is 0.353. The smallest absolute Gasteiger partial charge is 0.270 e. The Bertz CT molecular complexity index is 741. The zero-order valence-corrected chi connectivity index (χ0v) is 14.2. The molecule has 6 nitrogen and oxygen atoms in total. The van der Waals surface area contributed by atoms with Gasteiger partial charge in [0.15, 0.2) is 0 Å². The first-order chi connectivity index (χ1) is 11.5. The van der Waals surface area contributed by atoms with Crippen molar-refractivity contribution in [2.24, 2.45) is 13.0 Å². The second kappa shape index (κ2) is 7.05. The number of carbonyl (C=O) groups is 2. The van der Waals surface area contributed by atoms with E-state index in [4.69, 9.17) is 11.6 Å². The molecule has 1 atom stereocenters. The van der Waals surface area contributed by atoms with Gasteiger partial charge in [-0.05, 0) is 37.1 Å². The van der Waals surface area contributed by atoms with Crippen LogP contribution >= 0.6 is 11.6 Å². The van der Waals surface area contributed by atoms with Crippen LogP contribution in [0.4, 0.5) is 5.82 Å². The number of pyridine rings is 1. The first kappa shape index (κ1) is 16.5. The standard InChI is InChI=1S/C17H19ClN4O2/c1-21-8-3-5-14(21)17(24)22-9-2-4-12(11-22)16(23)20-15-7-6-13(18)10-19-15/h3,5-8,10,12H,2,4,9,11H2,1H3,(H,19,20,23)/t12-/m1/s1. The Kier molecular flexibility index (Phi) is 4.85. The van der Waals surface area contributed by atoms with Crippen LogP contribution in [-0.2, 0) is 11.8 Å². The summed E-state index contributed by atoms with van der Waals surface area (Å²) in [4.78, 5) is 30.9. The van der Waals surface area contributed by atoms with Gasteiger partial charge in [0.1, 0.15) is 11.5 Å². The number of anilines is 1. The van der Waals surface area contributed by atoms with Crippen molar-refractivity contribution in [3.8, 4) is 0 Å². The molecule has 1 fully saturated rings. The van der Waals surface area contributed by atoms with Gasteiger partial charge >= 0.3 is 0 Å². The number of hydrogen-bond acceptors (Lipinski definition) is 3. The molecule has 0 bridgehead atoms. The molecule has 0 saturated carbocycles. The van der Waals surface area contributed by atoms with Crippen LogP contribution in [0, 0.1) is 5.92 Å². The van der Waals surface area contributed by atoms with E-state index in [0.717, 1.165) is 12.8 Å². The Hall–Kier alpha value is -2.34. The van der Waals surface area contributed by atoms with Crippen LogP contribution in [0.25, 0.3) is 0 Å². The zero-order valence-electron chi connectivity index (χ0n) is 13.4. The number of halogens is 1. The van der Waals surface area contributed by atoms with E-state index in [0.29, 0.717) is 29.6 Å². The Labute approximate surface area is 145 Å². The topological polar surface area (TPSA) is 67.2 Å². The number of likely N-dealkylation sites (tertiary alicyclic amines) is 1. The molecule has 24 heavy (non-hydrogen) atoms. The molecule has 1 aliphatic heterocycles. The first-order valence-electron chi connectivity index (χ1n) is 7.87. The number of rotatable bonds is 3. The third kappa shape index (κ3) is 3.59. The number of carbonyl (C=O) groups excluding carboxylic acids is 2. The predicted molar refractivity (Wildman–Crippen MR) is 91.9 cm³/mol. The van der Waals surface area contributed by atoms with Crippen molar-refractivity contribution in [1.29, 1.82) is 0 Å². The summed E-state index contributed by atoms with van der Waals surface area (Å²) in [5, 5.41) is 3.31. The Morgan fingerprint density at radius 2 is 2.17 bits per heavy atom. The minimum absolute atomic E-state index is 0.0374. The van der Waals surface area contributed by atoms with Gasteiger partial charge in [0, 0.05) is 32.5 Å². The van der Waals surface area contributed by atoms with Crippen LogP contribution in [0.15, 0.2) is 36.7 Å². The van der Waals surface area contributed by atoms with E-state index in [1.54, 1.807) is 27.7 Å².